The molecule has 0 spiro atoms. The lowest BCUT2D eigenvalue weighted by Gasteiger charge is -2.03. The van der Waals surface area contributed by atoms with Crippen LogP contribution in [0.3, 0.4) is 0 Å². The molecule has 0 bridgehead atoms. The van der Waals surface area contributed by atoms with Gasteiger partial charge in [-0.05, 0) is 29.3 Å². The molecule has 1 aromatic rings. The van der Waals surface area contributed by atoms with Crippen LogP contribution in [0.5, 0.6) is 0 Å². The highest BCUT2D eigenvalue weighted by molar-refractivity contribution is 9.10. The summed E-state index contributed by atoms with van der Waals surface area (Å²) in [5.41, 5.74) is 1.32. The largest absolute Gasteiger partial charge is 0.323 e. The first-order valence-electron chi connectivity index (χ1n) is 3.99. The maximum absolute atomic E-state index is 4.19. The Morgan fingerprint density at radius 2 is 2.27 bits per heavy atom. The number of halogens is 1. The summed E-state index contributed by atoms with van der Waals surface area (Å²) in [6.45, 7) is 5.31. The summed E-state index contributed by atoms with van der Waals surface area (Å²) in [5.74, 6) is 0. The van der Waals surface area contributed by atoms with Crippen molar-refractivity contribution < 1.29 is 0 Å². The van der Waals surface area contributed by atoms with E-state index in [1.165, 1.54) is 12.1 Å². The molecule has 0 aromatic carbocycles. The van der Waals surface area contributed by atoms with Gasteiger partial charge in [-0.25, -0.2) is 4.98 Å². The zero-order valence-electron chi connectivity index (χ0n) is 6.97. The van der Waals surface area contributed by atoms with Crippen molar-refractivity contribution in [3.8, 4) is 0 Å². The second kappa shape index (κ2) is 3.90. The molecule has 0 amide bonds. The Morgan fingerprint density at radius 3 is 2.82 bits per heavy atom. The predicted octanol–water partition coefficient (Wildman–Crippen LogP) is 2.62. The maximum atomic E-state index is 4.19. The predicted molar refractivity (Wildman–Crippen MR) is 49.6 cm³/mol. The molecule has 1 rings (SSSR count). The second-order valence-corrected chi connectivity index (χ2v) is 3.22. The Bertz CT molecular complexity index is 230. The van der Waals surface area contributed by atoms with Crippen molar-refractivity contribution in [3.05, 3.63) is 16.6 Å². The van der Waals surface area contributed by atoms with Gasteiger partial charge in [-0.15, -0.1) is 0 Å². The third kappa shape index (κ3) is 1.83. The number of aryl methyl sites for hydroxylation is 1. The molecule has 0 saturated heterocycles. The number of imidazole rings is 1. The van der Waals surface area contributed by atoms with Crippen LogP contribution < -0.4 is 0 Å². The van der Waals surface area contributed by atoms with E-state index in [4.69, 9.17) is 0 Å². The molecule has 1 aromatic heterocycles. The van der Waals surface area contributed by atoms with Gasteiger partial charge in [0, 0.05) is 18.4 Å². The minimum absolute atomic E-state index is 0.948. The molecule has 0 radical (unpaired) electrons. The second-order valence-electron chi connectivity index (χ2n) is 2.51. The Hall–Kier alpha value is -0.310. The fourth-order valence-corrected chi connectivity index (χ4v) is 1.76. The highest BCUT2D eigenvalue weighted by atomic mass is 79.9. The van der Waals surface area contributed by atoms with Crippen molar-refractivity contribution >= 4 is 15.9 Å². The van der Waals surface area contributed by atoms with Gasteiger partial charge in [-0.3, -0.25) is 0 Å². The smallest absolute Gasteiger partial charge is 0.177 e. The topological polar surface area (TPSA) is 17.8 Å². The average Bonchev–Trinajstić information content (AvgIpc) is 2.33. The van der Waals surface area contributed by atoms with Gasteiger partial charge < -0.3 is 4.57 Å². The highest BCUT2D eigenvalue weighted by Gasteiger charge is 2.03. The molecule has 0 atom stereocenters. The number of hydrogen-bond acceptors (Lipinski definition) is 1. The van der Waals surface area contributed by atoms with E-state index in [1.54, 1.807) is 0 Å². The molecule has 0 aliphatic rings. The van der Waals surface area contributed by atoms with Crippen molar-refractivity contribution in [1.82, 2.24) is 9.55 Å². The van der Waals surface area contributed by atoms with Crippen LogP contribution in [0.25, 0.3) is 0 Å². The van der Waals surface area contributed by atoms with E-state index < -0.39 is 0 Å². The Kier molecular flexibility index (Phi) is 3.12. The molecule has 0 fully saturated rings. The quantitative estimate of drug-likeness (QED) is 0.760. The van der Waals surface area contributed by atoms with E-state index in [0.29, 0.717) is 0 Å². The van der Waals surface area contributed by atoms with Gasteiger partial charge >= 0.3 is 0 Å². The normalized spacial score (nSPS) is 10.5. The van der Waals surface area contributed by atoms with Gasteiger partial charge in [0.1, 0.15) is 0 Å². The molecule has 0 aliphatic heterocycles. The third-order valence-electron chi connectivity index (χ3n) is 1.71. The van der Waals surface area contributed by atoms with Crippen LogP contribution >= 0.6 is 15.9 Å². The van der Waals surface area contributed by atoms with Crippen LogP contribution in [-0.4, -0.2) is 9.55 Å². The molecule has 1 heterocycles. The summed E-state index contributed by atoms with van der Waals surface area (Å²) >= 11 is 3.40. The Balaban J connectivity index is 2.86. The minimum Gasteiger partial charge on any atom is -0.323 e. The van der Waals surface area contributed by atoms with Crippen molar-refractivity contribution in [2.75, 3.05) is 0 Å². The summed E-state index contributed by atoms with van der Waals surface area (Å²) in [5, 5.41) is 0. The highest BCUT2D eigenvalue weighted by Crippen LogP contribution is 2.12. The fourth-order valence-electron chi connectivity index (χ4n) is 1.17. The number of hydrogen-bond donors (Lipinski definition) is 0. The molecule has 0 aliphatic carbocycles. The van der Waals surface area contributed by atoms with Crippen LogP contribution in [-0.2, 0) is 13.0 Å². The number of aromatic nitrogens is 2. The van der Waals surface area contributed by atoms with Crippen molar-refractivity contribution in [3.63, 3.8) is 0 Å². The van der Waals surface area contributed by atoms with E-state index in [0.717, 1.165) is 17.7 Å². The first-order valence-corrected chi connectivity index (χ1v) is 4.78. The van der Waals surface area contributed by atoms with E-state index in [1.807, 2.05) is 6.20 Å². The fraction of sp³-hybridized carbons (Fsp3) is 0.625. The SMILES string of the molecule is CCCc1cnc(Br)n1CC. The molecule has 0 saturated carbocycles. The lowest BCUT2D eigenvalue weighted by atomic mass is 10.3. The molecular weight excluding hydrogens is 204 g/mol. The third-order valence-corrected chi connectivity index (χ3v) is 2.34. The van der Waals surface area contributed by atoms with E-state index in [-0.39, 0.29) is 0 Å². The number of nitrogens with zero attached hydrogens (tertiary/aromatic N) is 2. The molecule has 11 heavy (non-hydrogen) atoms. The van der Waals surface area contributed by atoms with Crippen LogP contribution in [0.2, 0.25) is 0 Å². The van der Waals surface area contributed by atoms with Gasteiger partial charge in [-0.2, -0.15) is 0 Å². The van der Waals surface area contributed by atoms with Crippen molar-refractivity contribution in [2.45, 2.75) is 33.2 Å². The van der Waals surface area contributed by atoms with Crippen LogP contribution in [0, 0.1) is 0 Å². The summed E-state index contributed by atoms with van der Waals surface area (Å²) in [7, 11) is 0. The summed E-state index contributed by atoms with van der Waals surface area (Å²) < 4.78 is 3.13. The van der Waals surface area contributed by atoms with Crippen LogP contribution in [0.15, 0.2) is 10.9 Å². The molecule has 0 unspecified atom stereocenters. The lowest BCUT2D eigenvalue weighted by molar-refractivity contribution is 0.684. The summed E-state index contributed by atoms with van der Waals surface area (Å²) in [6, 6.07) is 0. The monoisotopic (exact) mass is 216 g/mol. The maximum Gasteiger partial charge on any atom is 0.177 e. The minimum atomic E-state index is 0.948. The van der Waals surface area contributed by atoms with Crippen molar-refractivity contribution in [2.24, 2.45) is 0 Å². The van der Waals surface area contributed by atoms with Gasteiger partial charge in [0.2, 0.25) is 0 Å². The summed E-state index contributed by atoms with van der Waals surface area (Å²) in [6.07, 6.45) is 4.24. The van der Waals surface area contributed by atoms with E-state index in [9.17, 15) is 0 Å². The average molecular weight is 217 g/mol. The van der Waals surface area contributed by atoms with Crippen LogP contribution in [0.4, 0.5) is 0 Å². The lowest BCUT2D eigenvalue weighted by Crippen LogP contribution is -2.00. The Morgan fingerprint density at radius 1 is 1.55 bits per heavy atom. The molecule has 2 nitrogen and oxygen atoms in total. The first kappa shape index (κ1) is 8.78. The summed E-state index contributed by atoms with van der Waals surface area (Å²) in [4.78, 5) is 4.19. The zero-order valence-corrected chi connectivity index (χ0v) is 8.56. The zero-order chi connectivity index (χ0) is 8.27. The van der Waals surface area contributed by atoms with Gasteiger partial charge in [0.25, 0.3) is 0 Å². The van der Waals surface area contributed by atoms with Gasteiger partial charge in [-0.1, -0.05) is 13.3 Å². The molecule has 3 heteroatoms. The molecular formula is C8H13BrN2. The van der Waals surface area contributed by atoms with Crippen LogP contribution in [0.1, 0.15) is 26.0 Å². The Labute approximate surface area is 75.8 Å². The first-order chi connectivity index (χ1) is 5.29. The molecule has 0 N–H and O–H groups in total. The number of rotatable bonds is 3. The molecule has 62 valence electrons. The standard InChI is InChI=1S/C8H13BrN2/c1-3-5-7-6-10-8(9)11(7)4-2/h6H,3-5H2,1-2H3. The van der Waals surface area contributed by atoms with Gasteiger partial charge in [0.15, 0.2) is 4.73 Å². The van der Waals surface area contributed by atoms with E-state index in [2.05, 4.69) is 39.3 Å². The van der Waals surface area contributed by atoms with Crippen molar-refractivity contribution in [1.29, 1.82) is 0 Å². The van der Waals surface area contributed by atoms with Gasteiger partial charge in [0.05, 0.1) is 0 Å². The van der Waals surface area contributed by atoms with E-state index >= 15 is 0 Å².